The van der Waals surface area contributed by atoms with Crippen molar-refractivity contribution in [3.8, 4) is 0 Å². The lowest BCUT2D eigenvalue weighted by molar-refractivity contribution is 0.0978. The molecule has 9 heteroatoms. The van der Waals surface area contributed by atoms with Crippen LogP contribution in [0.3, 0.4) is 0 Å². The summed E-state index contributed by atoms with van der Waals surface area (Å²) in [6, 6.07) is 6.44. The van der Waals surface area contributed by atoms with Crippen molar-refractivity contribution < 1.29 is 17.6 Å². The largest absolute Gasteiger partial charge is 0.309 e. The van der Waals surface area contributed by atoms with Crippen molar-refractivity contribution in [2.24, 2.45) is 0 Å². The van der Waals surface area contributed by atoms with Gasteiger partial charge in [0.2, 0.25) is 10.0 Å². The van der Waals surface area contributed by atoms with Crippen molar-refractivity contribution >= 4 is 27.4 Å². The minimum Gasteiger partial charge on any atom is -0.309 e. The lowest BCUT2D eigenvalue weighted by atomic mass is 10.1. The molecule has 0 radical (unpaired) electrons. The van der Waals surface area contributed by atoms with Gasteiger partial charge >= 0.3 is 0 Å². The van der Waals surface area contributed by atoms with E-state index in [-0.39, 0.29) is 22.2 Å². The molecular formula is C20H25ClFN3O3S. The van der Waals surface area contributed by atoms with Crippen molar-refractivity contribution in [2.75, 3.05) is 20.6 Å². The first-order valence-corrected chi connectivity index (χ1v) is 11.1. The molecule has 1 aromatic heterocycles. The summed E-state index contributed by atoms with van der Waals surface area (Å²) < 4.78 is 40.1. The highest BCUT2D eigenvalue weighted by Crippen LogP contribution is 2.19. The number of hydrogen-bond acceptors (Lipinski definition) is 5. The highest BCUT2D eigenvalue weighted by molar-refractivity contribution is 7.89. The Morgan fingerprint density at radius 3 is 2.55 bits per heavy atom. The van der Waals surface area contributed by atoms with Crippen LogP contribution in [0, 0.1) is 5.82 Å². The number of carbonyl (C=O) groups excluding carboxylic acids is 1. The number of pyridine rings is 1. The van der Waals surface area contributed by atoms with E-state index < -0.39 is 15.8 Å². The summed E-state index contributed by atoms with van der Waals surface area (Å²) in [5.74, 6) is -0.666. The standard InChI is InChI=1S/C20H25ClFN3O3S/c1-25(2)11-5-3-4-6-20(26)15-7-8-16(23-13-15)14-24-29(27,28)17-9-10-19(22)18(21)12-17/h7-10,12-13,24H,3-6,11,14H2,1-2H3. The molecule has 158 valence electrons. The van der Waals surface area contributed by atoms with Gasteiger partial charge in [-0.1, -0.05) is 18.0 Å². The minimum absolute atomic E-state index is 0.0236. The highest BCUT2D eigenvalue weighted by atomic mass is 35.5. The highest BCUT2D eigenvalue weighted by Gasteiger charge is 2.16. The van der Waals surface area contributed by atoms with Gasteiger partial charge in [0.1, 0.15) is 5.82 Å². The van der Waals surface area contributed by atoms with Crippen LogP contribution in [0.4, 0.5) is 4.39 Å². The first kappa shape index (κ1) is 23.4. The molecule has 6 nitrogen and oxygen atoms in total. The Hall–Kier alpha value is -1.87. The van der Waals surface area contributed by atoms with Crippen LogP contribution in [0.25, 0.3) is 0 Å². The van der Waals surface area contributed by atoms with Crippen LogP contribution in [0.2, 0.25) is 5.02 Å². The Balaban J connectivity index is 1.86. The molecule has 0 saturated carbocycles. The second-order valence-corrected chi connectivity index (χ2v) is 9.15. The topological polar surface area (TPSA) is 79.4 Å². The molecule has 0 bridgehead atoms. The van der Waals surface area contributed by atoms with Gasteiger partial charge in [0.05, 0.1) is 22.2 Å². The van der Waals surface area contributed by atoms with Gasteiger partial charge in [0.25, 0.3) is 0 Å². The van der Waals surface area contributed by atoms with Crippen molar-refractivity contribution in [1.82, 2.24) is 14.6 Å². The Bertz CT molecular complexity index is 934. The molecule has 29 heavy (non-hydrogen) atoms. The summed E-state index contributed by atoms with van der Waals surface area (Å²) in [4.78, 5) is 18.3. The van der Waals surface area contributed by atoms with Gasteiger partial charge in [0.15, 0.2) is 5.78 Å². The van der Waals surface area contributed by atoms with E-state index in [4.69, 9.17) is 11.6 Å². The molecule has 1 N–H and O–H groups in total. The zero-order chi connectivity index (χ0) is 21.4. The van der Waals surface area contributed by atoms with Crippen molar-refractivity contribution in [3.05, 3.63) is 58.6 Å². The summed E-state index contributed by atoms with van der Waals surface area (Å²) in [5.41, 5.74) is 0.971. The van der Waals surface area contributed by atoms with E-state index in [1.54, 1.807) is 12.1 Å². The zero-order valence-corrected chi connectivity index (χ0v) is 18.1. The lowest BCUT2D eigenvalue weighted by Crippen LogP contribution is -2.23. The van der Waals surface area contributed by atoms with E-state index in [1.807, 2.05) is 14.1 Å². The van der Waals surface area contributed by atoms with E-state index in [1.165, 1.54) is 6.20 Å². The fraction of sp³-hybridized carbons (Fsp3) is 0.400. The molecule has 0 aliphatic carbocycles. The molecule has 0 atom stereocenters. The van der Waals surface area contributed by atoms with Gasteiger partial charge in [0, 0.05) is 18.2 Å². The third-order valence-electron chi connectivity index (χ3n) is 4.30. The predicted molar refractivity (Wildman–Crippen MR) is 111 cm³/mol. The number of Topliss-reactive ketones (excluding diaryl/α,β-unsaturated/α-hetero) is 1. The van der Waals surface area contributed by atoms with Crippen LogP contribution < -0.4 is 4.72 Å². The fourth-order valence-electron chi connectivity index (χ4n) is 2.63. The molecule has 0 amide bonds. The van der Waals surface area contributed by atoms with E-state index in [2.05, 4.69) is 14.6 Å². The average molecular weight is 442 g/mol. The first-order chi connectivity index (χ1) is 13.7. The van der Waals surface area contributed by atoms with E-state index >= 15 is 0 Å². The number of ketones is 1. The molecule has 0 aliphatic rings. The molecule has 2 aromatic rings. The SMILES string of the molecule is CN(C)CCCCCC(=O)c1ccc(CNS(=O)(=O)c2ccc(F)c(Cl)c2)nc1. The number of carbonyl (C=O) groups is 1. The van der Waals surface area contributed by atoms with Gasteiger partial charge in [-0.25, -0.2) is 17.5 Å². The van der Waals surface area contributed by atoms with E-state index in [0.717, 1.165) is 44.0 Å². The monoisotopic (exact) mass is 441 g/mol. The number of benzene rings is 1. The number of sulfonamides is 1. The van der Waals surface area contributed by atoms with Crippen LogP contribution in [-0.4, -0.2) is 44.7 Å². The number of hydrogen-bond donors (Lipinski definition) is 1. The number of halogens is 2. The minimum atomic E-state index is -3.86. The van der Waals surface area contributed by atoms with Gasteiger partial charge < -0.3 is 4.90 Å². The maximum absolute atomic E-state index is 13.2. The van der Waals surface area contributed by atoms with Crippen molar-refractivity contribution in [2.45, 2.75) is 37.1 Å². The molecule has 2 rings (SSSR count). The predicted octanol–water partition coefficient (Wildman–Crippen LogP) is 3.66. The van der Waals surface area contributed by atoms with Crippen molar-refractivity contribution in [1.29, 1.82) is 0 Å². The summed E-state index contributed by atoms with van der Waals surface area (Å²) in [6.45, 7) is 0.945. The third kappa shape index (κ3) is 7.47. The number of nitrogens with zero attached hydrogens (tertiary/aromatic N) is 2. The fourth-order valence-corrected chi connectivity index (χ4v) is 3.90. The van der Waals surface area contributed by atoms with Crippen molar-refractivity contribution in [3.63, 3.8) is 0 Å². The Morgan fingerprint density at radius 2 is 1.93 bits per heavy atom. The van der Waals surface area contributed by atoms with Gasteiger partial charge in [-0.2, -0.15) is 0 Å². The molecule has 0 unspecified atom stereocenters. The molecule has 0 fully saturated rings. The number of unbranched alkanes of at least 4 members (excludes halogenated alkanes) is 2. The molecule has 1 aromatic carbocycles. The van der Waals surface area contributed by atoms with Crippen LogP contribution in [-0.2, 0) is 16.6 Å². The number of aromatic nitrogens is 1. The molecular weight excluding hydrogens is 417 g/mol. The van der Waals surface area contributed by atoms with E-state index in [0.29, 0.717) is 17.7 Å². The molecule has 0 aliphatic heterocycles. The lowest BCUT2D eigenvalue weighted by Gasteiger charge is -2.09. The molecule has 1 heterocycles. The van der Waals surface area contributed by atoms with Crippen LogP contribution in [0.5, 0.6) is 0 Å². The van der Waals surface area contributed by atoms with Gasteiger partial charge in [-0.15, -0.1) is 0 Å². The quantitative estimate of drug-likeness (QED) is 0.425. The molecule has 0 saturated heterocycles. The second kappa shape index (κ2) is 10.8. The molecule has 0 spiro atoms. The Morgan fingerprint density at radius 1 is 1.17 bits per heavy atom. The van der Waals surface area contributed by atoms with Crippen LogP contribution in [0.1, 0.15) is 41.7 Å². The number of nitrogens with one attached hydrogen (secondary N) is 1. The smallest absolute Gasteiger partial charge is 0.240 e. The Kier molecular flexibility index (Phi) is 8.70. The maximum Gasteiger partial charge on any atom is 0.240 e. The van der Waals surface area contributed by atoms with Crippen LogP contribution >= 0.6 is 11.6 Å². The van der Waals surface area contributed by atoms with Crippen LogP contribution in [0.15, 0.2) is 41.4 Å². The first-order valence-electron chi connectivity index (χ1n) is 9.26. The summed E-state index contributed by atoms with van der Waals surface area (Å²) in [6.07, 6.45) is 4.79. The average Bonchev–Trinajstić information content (AvgIpc) is 2.68. The van der Waals surface area contributed by atoms with Gasteiger partial charge in [-0.3, -0.25) is 9.78 Å². The maximum atomic E-state index is 13.2. The van der Waals surface area contributed by atoms with E-state index in [9.17, 15) is 17.6 Å². The second-order valence-electron chi connectivity index (χ2n) is 6.98. The summed E-state index contributed by atoms with van der Waals surface area (Å²) in [7, 11) is 0.183. The summed E-state index contributed by atoms with van der Waals surface area (Å²) >= 11 is 5.64. The summed E-state index contributed by atoms with van der Waals surface area (Å²) in [5, 5.41) is -0.268. The third-order valence-corrected chi connectivity index (χ3v) is 5.99. The normalized spacial score (nSPS) is 11.8. The zero-order valence-electron chi connectivity index (χ0n) is 16.5. The number of rotatable bonds is 11. The van der Waals surface area contributed by atoms with Gasteiger partial charge in [-0.05, 0) is 63.8 Å². The Labute approximate surface area is 176 Å².